The van der Waals surface area contributed by atoms with Gasteiger partial charge in [0.15, 0.2) is 5.13 Å². The highest BCUT2D eigenvalue weighted by molar-refractivity contribution is 9.10. The van der Waals surface area contributed by atoms with Crippen molar-refractivity contribution < 1.29 is 9.59 Å². The highest BCUT2D eigenvalue weighted by atomic mass is 79.9. The number of rotatable bonds is 4. The lowest BCUT2D eigenvalue weighted by atomic mass is 10.1. The van der Waals surface area contributed by atoms with E-state index in [4.69, 9.17) is 0 Å². The monoisotopic (exact) mass is 415 g/mol. The van der Waals surface area contributed by atoms with E-state index in [0.29, 0.717) is 10.7 Å². The van der Waals surface area contributed by atoms with Gasteiger partial charge in [-0.1, -0.05) is 34.1 Å². The lowest BCUT2D eigenvalue weighted by Crippen LogP contribution is -2.11. The molecule has 7 heteroatoms. The lowest BCUT2D eigenvalue weighted by molar-refractivity contribution is -0.114. The molecule has 0 radical (unpaired) electrons. The van der Waals surface area contributed by atoms with Crippen LogP contribution in [0.2, 0.25) is 0 Å². The summed E-state index contributed by atoms with van der Waals surface area (Å²) in [7, 11) is 0. The average Bonchev–Trinajstić information content (AvgIpc) is 3.03. The van der Waals surface area contributed by atoms with Crippen LogP contribution in [0.4, 0.5) is 10.8 Å². The molecule has 0 atom stereocenters. The summed E-state index contributed by atoms with van der Waals surface area (Å²) < 4.78 is 0.847. The van der Waals surface area contributed by atoms with Crippen molar-refractivity contribution in [3.8, 4) is 11.3 Å². The Labute approximate surface area is 157 Å². The molecule has 0 unspecified atom stereocenters. The zero-order valence-electron chi connectivity index (χ0n) is 13.2. The number of carbonyl (C=O) groups is 2. The number of carbonyl (C=O) groups excluding carboxylic acids is 2. The molecule has 0 spiro atoms. The molecule has 0 saturated heterocycles. The molecule has 2 N–H and O–H groups in total. The predicted molar refractivity (Wildman–Crippen MR) is 104 cm³/mol. The Kier molecular flexibility index (Phi) is 5.25. The van der Waals surface area contributed by atoms with Crippen molar-refractivity contribution in [2.45, 2.75) is 6.92 Å². The first-order chi connectivity index (χ1) is 12.0. The number of hydrogen-bond donors (Lipinski definition) is 2. The van der Waals surface area contributed by atoms with Gasteiger partial charge in [-0.3, -0.25) is 14.9 Å². The molecule has 25 heavy (non-hydrogen) atoms. The fourth-order valence-electron chi connectivity index (χ4n) is 2.19. The maximum absolute atomic E-state index is 12.3. The summed E-state index contributed by atoms with van der Waals surface area (Å²) in [5, 5.41) is 7.94. The molecule has 0 aliphatic heterocycles. The Hall–Kier alpha value is -2.51. The second-order valence-corrected chi connectivity index (χ2v) is 7.03. The molecule has 126 valence electrons. The summed E-state index contributed by atoms with van der Waals surface area (Å²) in [5.74, 6) is -0.317. The number of amides is 2. The molecule has 5 nitrogen and oxygen atoms in total. The fourth-order valence-corrected chi connectivity index (χ4v) is 3.30. The van der Waals surface area contributed by atoms with Crippen LogP contribution in [0, 0.1) is 0 Å². The van der Waals surface area contributed by atoms with Crippen molar-refractivity contribution in [3.05, 3.63) is 63.9 Å². The summed E-state index contributed by atoms with van der Waals surface area (Å²) in [4.78, 5) is 27.7. The summed E-state index contributed by atoms with van der Waals surface area (Å²) in [6.45, 7) is 1.47. The summed E-state index contributed by atoms with van der Waals surface area (Å²) in [5.41, 5.74) is 2.97. The third-order valence-corrected chi connectivity index (χ3v) is 4.56. The quantitative estimate of drug-likeness (QED) is 0.643. The minimum absolute atomic E-state index is 0.112. The van der Waals surface area contributed by atoms with Crippen molar-refractivity contribution in [1.82, 2.24) is 4.98 Å². The van der Waals surface area contributed by atoms with Gasteiger partial charge in [0.25, 0.3) is 5.91 Å². The average molecular weight is 416 g/mol. The van der Waals surface area contributed by atoms with Crippen LogP contribution in [0.25, 0.3) is 11.3 Å². The van der Waals surface area contributed by atoms with Gasteiger partial charge in [0.1, 0.15) is 0 Å². The number of thiazole rings is 1. The van der Waals surface area contributed by atoms with Gasteiger partial charge in [-0.05, 0) is 30.3 Å². The van der Waals surface area contributed by atoms with Gasteiger partial charge in [-0.25, -0.2) is 4.98 Å². The Morgan fingerprint density at radius 3 is 2.52 bits per heavy atom. The largest absolute Gasteiger partial charge is 0.326 e. The predicted octanol–water partition coefficient (Wildman–Crippen LogP) is 4.78. The van der Waals surface area contributed by atoms with E-state index in [-0.39, 0.29) is 11.8 Å². The van der Waals surface area contributed by atoms with Crippen LogP contribution >= 0.6 is 27.3 Å². The molecule has 3 aromatic rings. The number of nitrogens with zero attached hydrogens (tertiary/aromatic N) is 1. The van der Waals surface area contributed by atoms with Crippen LogP contribution in [0.5, 0.6) is 0 Å². The zero-order chi connectivity index (χ0) is 17.8. The Morgan fingerprint density at radius 2 is 1.84 bits per heavy atom. The van der Waals surface area contributed by atoms with E-state index in [1.54, 1.807) is 12.1 Å². The van der Waals surface area contributed by atoms with Crippen molar-refractivity contribution in [1.29, 1.82) is 0 Å². The molecular formula is C18H14BrN3O2S. The van der Waals surface area contributed by atoms with Gasteiger partial charge in [-0.2, -0.15) is 0 Å². The summed E-state index contributed by atoms with van der Waals surface area (Å²) >= 11 is 4.71. The van der Waals surface area contributed by atoms with Crippen LogP contribution in [0.1, 0.15) is 17.3 Å². The first kappa shape index (κ1) is 17.3. The summed E-state index contributed by atoms with van der Waals surface area (Å²) in [6.07, 6.45) is 0. The molecule has 1 heterocycles. The van der Waals surface area contributed by atoms with Crippen LogP contribution in [0.3, 0.4) is 0 Å². The number of hydrogen-bond acceptors (Lipinski definition) is 4. The molecule has 0 bridgehead atoms. The van der Waals surface area contributed by atoms with Gasteiger partial charge in [0, 0.05) is 33.6 Å². The van der Waals surface area contributed by atoms with E-state index in [9.17, 15) is 9.59 Å². The second-order valence-electron chi connectivity index (χ2n) is 5.26. The smallest absolute Gasteiger partial charge is 0.257 e. The van der Waals surface area contributed by atoms with E-state index in [2.05, 4.69) is 31.5 Å². The Balaban J connectivity index is 1.72. The molecule has 2 amide bonds. The second kappa shape index (κ2) is 7.58. The SMILES string of the molecule is CC(=O)Nc1ccc(-c2csc(NC(=O)c3cccc(Br)c3)n2)cc1. The molecule has 1 aromatic heterocycles. The van der Waals surface area contributed by atoms with Crippen molar-refractivity contribution in [3.63, 3.8) is 0 Å². The van der Waals surface area contributed by atoms with Crippen molar-refractivity contribution in [2.75, 3.05) is 10.6 Å². The lowest BCUT2D eigenvalue weighted by Gasteiger charge is -2.03. The fraction of sp³-hybridized carbons (Fsp3) is 0.0556. The van der Waals surface area contributed by atoms with E-state index < -0.39 is 0 Å². The van der Waals surface area contributed by atoms with Crippen molar-refractivity contribution >= 4 is 49.9 Å². The minimum Gasteiger partial charge on any atom is -0.326 e. The van der Waals surface area contributed by atoms with Crippen LogP contribution in [0.15, 0.2) is 58.4 Å². The van der Waals surface area contributed by atoms with Gasteiger partial charge in [-0.15, -0.1) is 11.3 Å². The maximum atomic E-state index is 12.3. The maximum Gasteiger partial charge on any atom is 0.257 e. The van der Waals surface area contributed by atoms with Gasteiger partial charge in [0.05, 0.1) is 5.69 Å². The topological polar surface area (TPSA) is 71.1 Å². The van der Waals surface area contributed by atoms with Gasteiger partial charge >= 0.3 is 0 Å². The third-order valence-electron chi connectivity index (χ3n) is 3.31. The third kappa shape index (κ3) is 4.52. The van der Waals surface area contributed by atoms with E-state index in [1.807, 2.05) is 41.8 Å². The van der Waals surface area contributed by atoms with Crippen LogP contribution in [-0.4, -0.2) is 16.8 Å². The molecule has 3 rings (SSSR count). The summed E-state index contributed by atoms with van der Waals surface area (Å²) in [6, 6.07) is 14.6. The van der Waals surface area contributed by atoms with Gasteiger partial charge < -0.3 is 5.32 Å². The van der Waals surface area contributed by atoms with E-state index in [0.717, 1.165) is 21.4 Å². The molecule has 0 fully saturated rings. The van der Waals surface area contributed by atoms with Crippen LogP contribution < -0.4 is 10.6 Å². The number of nitrogens with one attached hydrogen (secondary N) is 2. The number of benzene rings is 2. The standard InChI is InChI=1S/C18H14BrN3O2S/c1-11(23)20-15-7-5-12(6-8-15)16-10-25-18(21-16)22-17(24)13-3-2-4-14(19)9-13/h2-10H,1H3,(H,20,23)(H,21,22,24). The first-order valence-electron chi connectivity index (χ1n) is 7.42. The zero-order valence-corrected chi connectivity index (χ0v) is 15.6. The minimum atomic E-state index is -0.205. The number of halogens is 1. The molecule has 0 saturated carbocycles. The first-order valence-corrected chi connectivity index (χ1v) is 9.09. The van der Waals surface area contributed by atoms with E-state index >= 15 is 0 Å². The molecular weight excluding hydrogens is 402 g/mol. The Bertz CT molecular complexity index is 922. The van der Waals surface area contributed by atoms with Crippen molar-refractivity contribution in [2.24, 2.45) is 0 Å². The molecule has 0 aliphatic rings. The normalized spacial score (nSPS) is 10.3. The highest BCUT2D eigenvalue weighted by Gasteiger charge is 2.10. The molecule has 2 aromatic carbocycles. The highest BCUT2D eigenvalue weighted by Crippen LogP contribution is 2.26. The number of anilines is 2. The molecule has 0 aliphatic carbocycles. The van der Waals surface area contributed by atoms with Gasteiger partial charge in [0.2, 0.25) is 5.91 Å². The Morgan fingerprint density at radius 1 is 1.08 bits per heavy atom. The number of aromatic nitrogens is 1. The van der Waals surface area contributed by atoms with E-state index in [1.165, 1.54) is 18.3 Å². The van der Waals surface area contributed by atoms with Crippen LogP contribution in [-0.2, 0) is 4.79 Å².